The third-order valence-corrected chi connectivity index (χ3v) is 4.31. The first-order valence-electron chi connectivity index (χ1n) is 9.44. The van der Waals surface area contributed by atoms with E-state index in [1.165, 1.54) is 0 Å². The first-order chi connectivity index (χ1) is 14.6. The van der Waals surface area contributed by atoms with Gasteiger partial charge in [-0.1, -0.05) is 12.1 Å². The fourth-order valence-corrected chi connectivity index (χ4v) is 2.79. The molecule has 1 amide bonds. The molecule has 0 saturated carbocycles. The van der Waals surface area contributed by atoms with Gasteiger partial charge in [0.2, 0.25) is 0 Å². The van der Waals surface area contributed by atoms with E-state index >= 15 is 0 Å². The van der Waals surface area contributed by atoms with Gasteiger partial charge in [0.15, 0.2) is 23.9 Å². The third kappa shape index (κ3) is 5.58. The van der Waals surface area contributed by atoms with Crippen molar-refractivity contribution in [3.05, 3.63) is 53.6 Å². The summed E-state index contributed by atoms with van der Waals surface area (Å²) in [6.45, 7) is 0.566. The molecule has 2 aromatic rings. The van der Waals surface area contributed by atoms with Crippen molar-refractivity contribution in [1.82, 2.24) is 0 Å². The molecule has 1 aliphatic heterocycles. The number of carbonyl (C=O) groups is 3. The topological polar surface area (TPSA) is 115 Å². The SMILES string of the molecule is N#Cc1ccccc1NC(=O)COC(=O)CCC(=O)c1ccc2c(c1)OCCCO2. The van der Waals surface area contributed by atoms with Crippen molar-refractivity contribution in [2.75, 3.05) is 25.1 Å². The molecule has 1 N–H and O–H groups in total. The van der Waals surface area contributed by atoms with Crippen LogP contribution in [0.4, 0.5) is 5.69 Å². The standard InChI is InChI=1S/C22H20N2O6/c23-13-16-4-1-2-5-17(16)24-21(26)14-30-22(27)9-7-18(25)15-6-8-19-20(12-15)29-11-3-10-28-19/h1-2,4-6,8,12H,3,7,9-11,14H2,(H,24,26). The van der Waals surface area contributed by atoms with Crippen molar-refractivity contribution in [3.8, 4) is 17.6 Å². The lowest BCUT2D eigenvalue weighted by Gasteiger charge is -2.09. The quantitative estimate of drug-likeness (QED) is 0.553. The van der Waals surface area contributed by atoms with E-state index in [9.17, 15) is 14.4 Å². The van der Waals surface area contributed by atoms with E-state index in [1.807, 2.05) is 6.07 Å². The number of carbonyl (C=O) groups excluding carboxylic acids is 3. The van der Waals surface area contributed by atoms with Crippen molar-refractivity contribution < 1.29 is 28.6 Å². The zero-order chi connectivity index (χ0) is 21.3. The van der Waals surface area contributed by atoms with Gasteiger partial charge in [0.25, 0.3) is 5.91 Å². The number of hydrogen-bond donors (Lipinski definition) is 1. The van der Waals surface area contributed by atoms with Crippen molar-refractivity contribution >= 4 is 23.3 Å². The van der Waals surface area contributed by atoms with Crippen molar-refractivity contribution in [2.24, 2.45) is 0 Å². The van der Waals surface area contributed by atoms with Gasteiger partial charge in [-0.3, -0.25) is 14.4 Å². The highest BCUT2D eigenvalue weighted by Gasteiger charge is 2.16. The zero-order valence-electron chi connectivity index (χ0n) is 16.2. The number of nitrogens with one attached hydrogen (secondary N) is 1. The highest BCUT2D eigenvalue weighted by Crippen LogP contribution is 2.30. The number of esters is 1. The first kappa shape index (κ1) is 20.9. The number of nitrogens with zero attached hydrogens (tertiary/aromatic N) is 1. The molecular formula is C22H20N2O6. The Morgan fingerprint density at radius 1 is 1.03 bits per heavy atom. The van der Waals surface area contributed by atoms with Crippen LogP contribution in [0, 0.1) is 11.3 Å². The Hall–Kier alpha value is -3.86. The van der Waals surface area contributed by atoms with E-state index in [0.29, 0.717) is 41.5 Å². The fraction of sp³-hybridized carbons (Fsp3) is 0.273. The van der Waals surface area contributed by atoms with Gasteiger partial charge in [-0.2, -0.15) is 5.26 Å². The largest absolute Gasteiger partial charge is 0.490 e. The Labute approximate surface area is 173 Å². The van der Waals surface area contributed by atoms with Crippen LogP contribution in [0.2, 0.25) is 0 Å². The summed E-state index contributed by atoms with van der Waals surface area (Å²) in [4.78, 5) is 36.2. The summed E-state index contributed by atoms with van der Waals surface area (Å²) in [7, 11) is 0. The van der Waals surface area contributed by atoms with Gasteiger partial charge in [0, 0.05) is 18.4 Å². The molecule has 3 rings (SSSR count). The maximum atomic E-state index is 12.4. The summed E-state index contributed by atoms with van der Waals surface area (Å²) >= 11 is 0. The molecule has 0 aromatic heterocycles. The lowest BCUT2D eigenvalue weighted by Crippen LogP contribution is -2.21. The van der Waals surface area contributed by atoms with Gasteiger partial charge in [-0.05, 0) is 30.3 Å². The van der Waals surface area contributed by atoms with Crippen LogP contribution in [0.1, 0.15) is 35.2 Å². The Morgan fingerprint density at radius 2 is 1.80 bits per heavy atom. The van der Waals surface area contributed by atoms with Crippen molar-refractivity contribution in [3.63, 3.8) is 0 Å². The van der Waals surface area contributed by atoms with Crippen LogP contribution in [0.5, 0.6) is 11.5 Å². The van der Waals surface area contributed by atoms with Gasteiger partial charge in [-0.25, -0.2) is 0 Å². The number of ether oxygens (including phenoxy) is 3. The summed E-state index contributed by atoms with van der Waals surface area (Å²) in [5.74, 6) is -0.376. The molecule has 0 unspecified atom stereocenters. The number of rotatable bonds is 7. The monoisotopic (exact) mass is 408 g/mol. The smallest absolute Gasteiger partial charge is 0.306 e. The highest BCUT2D eigenvalue weighted by atomic mass is 16.5. The van der Waals surface area contributed by atoms with E-state index in [4.69, 9.17) is 19.5 Å². The molecule has 0 atom stereocenters. The first-order valence-corrected chi connectivity index (χ1v) is 9.44. The minimum Gasteiger partial charge on any atom is -0.490 e. The predicted octanol–water partition coefficient (Wildman–Crippen LogP) is 2.86. The molecule has 1 aliphatic rings. The average Bonchev–Trinajstić information content (AvgIpc) is 3.01. The number of anilines is 1. The number of ketones is 1. The number of amides is 1. The van der Waals surface area contributed by atoms with Crippen molar-refractivity contribution in [2.45, 2.75) is 19.3 Å². The van der Waals surface area contributed by atoms with Crippen LogP contribution in [-0.2, 0) is 14.3 Å². The molecule has 154 valence electrons. The van der Waals surface area contributed by atoms with Crippen LogP contribution in [0.3, 0.4) is 0 Å². The number of benzene rings is 2. The predicted molar refractivity (Wildman–Crippen MR) is 106 cm³/mol. The maximum Gasteiger partial charge on any atom is 0.306 e. The summed E-state index contributed by atoms with van der Waals surface area (Å²) in [6.07, 6.45) is 0.548. The lowest BCUT2D eigenvalue weighted by molar-refractivity contribution is -0.147. The number of hydrogen-bond acceptors (Lipinski definition) is 7. The Bertz CT molecular complexity index is 995. The Kier molecular flexibility index (Phi) is 7.00. The molecule has 30 heavy (non-hydrogen) atoms. The molecule has 0 fully saturated rings. The Morgan fingerprint density at radius 3 is 2.60 bits per heavy atom. The fourth-order valence-electron chi connectivity index (χ4n) is 2.79. The maximum absolute atomic E-state index is 12.4. The third-order valence-electron chi connectivity index (χ3n) is 4.31. The highest BCUT2D eigenvalue weighted by molar-refractivity contribution is 5.98. The van der Waals surface area contributed by atoms with Crippen LogP contribution in [0.25, 0.3) is 0 Å². The van der Waals surface area contributed by atoms with Crippen LogP contribution >= 0.6 is 0 Å². The second-order valence-electron chi connectivity index (χ2n) is 6.50. The van der Waals surface area contributed by atoms with Gasteiger partial charge in [0.1, 0.15) is 6.07 Å². The van der Waals surface area contributed by atoms with E-state index in [0.717, 1.165) is 6.42 Å². The number of fused-ring (bicyclic) bond motifs is 1. The molecule has 0 saturated heterocycles. The normalized spacial score (nSPS) is 12.2. The summed E-state index contributed by atoms with van der Waals surface area (Å²) in [5.41, 5.74) is 1.06. The molecule has 0 radical (unpaired) electrons. The van der Waals surface area contributed by atoms with Crippen molar-refractivity contribution in [1.29, 1.82) is 5.26 Å². The molecule has 8 nitrogen and oxygen atoms in total. The van der Waals surface area contributed by atoms with Gasteiger partial charge >= 0.3 is 5.97 Å². The molecule has 2 aromatic carbocycles. The summed E-state index contributed by atoms with van der Waals surface area (Å²) in [5, 5.41) is 11.5. The molecule has 1 heterocycles. The number of nitriles is 1. The molecule has 0 aliphatic carbocycles. The molecular weight excluding hydrogens is 388 g/mol. The van der Waals surface area contributed by atoms with Gasteiger partial charge < -0.3 is 19.5 Å². The van der Waals surface area contributed by atoms with Crippen LogP contribution in [-0.4, -0.2) is 37.5 Å². The summed E-state index contributed by atoms with van der Waals surface area (Å²) < 4.78 is 16.0. The minimum absolute atomic E-state index is 0.0582. The average molecular weight is 408 g/mol. The Balaban J connectivity index is 1.45. The zero-order valence-corrected chi connectivity index (χ0v) is 16.2. The van der Waals surface area contributed by atoms with E-state index < -0.39 is 18.5 Å². The second-order valence-corrected chi connectivity index (χ2v) is 6.50. The van der Waals surface area contributed by atoms with Gasteiger partial charge in [-0.15, -0.1) is 0 Å². The summed E-state index contributed by atoms with van der Waals surface area (Å²) in [6, 6.07) is 13.4. The number of para-hydroxylation sites is 1. The lowest BCUT2D eigenvalue weighted by atomic mass is 10.1. The van der Waals surface area contributed by atoms with E-state index in [1.54, 1.807) is 42.5 Å². The molecule has 0 bridgehead atoms. The van der Waals surface area contributed by atoms with E-state index in [-0.39, 0.29) is 18.6 Å². The number of Topliss-reactive ketones (excluding diaryl/α,β-unsaturated/α-hetero) is 1. The second kappa shape index (κ2) is 10.1. The van der Waals surface area contributed by atoms with E-state index in [2.05, 4.69) is 5.32 Å². The van der Waals surface area contributed by atoms with Gasteiger partial charge in [0.05, 0.1) is 30.9 Å². The van der Waals surface area contributed by atoms with Crippen LogP contribution < -0.4 is 14.8 Å². The minimum atomic E-state index is -0.665. The van der Waals surface area contributed by atoms with Crippen LogP contribution in [0.15, 0.2) is 42.5 Å². The molecule has 0 spiro atoms. The molecule has 8 heteroatoms.